The number of benzene rings is 1. The first kappa shape index (κ1) is 25.9. The lowest BCUT2D eigenvalue weighted by atomic mass is 10.1. The SMILES string of the molecule is CO[C@@H]1C[C@H](C(=O)Nc2ccc(-n3cc(Cl)cc(Cl)c3=O)cc2F)N(C(=O)Nc2ccc(Cl)cn2)C1. The largest absolute Gasteiger partial charge is 0.380 e. The summed E-state index contributed by atoms with van der Waals surface area (Å²) < 4.78 is 21.3. The van der Waals surface area contributed by atoms with Gasteiger partial charge in [0.25, 0.3) is 5.56 Å². The fourth-order valence-electron chi connectivity index (χ4n) is 3.75. The van der Waals surface area contributed by atoms with Gasteiger partial charge in [-0.3, -0.25) is 19.5 Å². The van der Waals surface area contributed by atoms with Gasteiger partial charge in [0.15, 0.2) is 0 Å². The van der Waals surface area contributed by atoms with Gasteiger partial charge in [0.2, 0.25) is 5.91 Å². The van der Waals surface area contributed by atoms with Crippen molar-refractivity contribution in [2.75, 3.05) is 24.3 Å². The van der Waals surface area contributed by atoms with E-state index in [2.05, 4.69) is 15.6 Å². The van der Waals surface area contributed by atoms with E-state index in [4.69, 9.17) is 39.5 Å². The lowest BCUT2D eigenvalue weighted by Crippen LogP contribution is -2.45. The number of halogens is 4. The lowest BCUT2D eigenvalue weighted by molar-refractivity contribution is -0.119. The highest BCUT2D eigenvalue weighted by molar-refractivity contribution is 6.34. The number of carbonyl (C=O) groups excluding carboxylic acids is 2. The van der Waals surface area contributed by atoms with Gasteiger partial charge in [0.05, 0.1) is 27.5 Å². The molecule has 4 rings (SSSR count). The molecular weight excluding hydrogens is 536 g/mol. The summed E-state index contributed by atoms with van der Waals surface area (Å²) in [6.07, 6.45) is 2.50. The van der Waals surface area contributed by atoms with Crippen molar-refractivity contribution in [3.05, 3.63) is 80.0 Å². The van der Waals surface area contributed by atoms with Crippen LogP contribution in [0.25, 0.3) is 5.69 Å². The molecule has 2 aromatic heterocycles. The monoisotopic (exact) mass is 553 g/mol. The predicted octanol–water partition coefficient (Wildman–Crippen LogP) is 4.59. The maximum absolute atomic E-state index is 14.9. The highest BCUT2D eigenvalue weighted by atomic mass is 35.5. The Kier molecular flexibility index (Phi) is 7.79. The maximum Gasteiger partial charge on any atom is 0.323 e. The van der Waals surface area contributed by atoms with E-state index >= 15 is 0 Å². The molecule has 3 heterocycles. The number of nitrogens with one attached hydrogen (secondary N) is 2. The average molecular weight is 555 g/mol. The molecule has 0 aliphatic carbocycles. The smallest absolute Gasteiger partial charge is 0.323 e. The van der Waals surface area contributed by atoms with Crippen LogP contribution in [-0.4, -0.2) is 52.2 Å². The summed E-state index contributed by atoms with van der Waals surface area (Å²) in [7, 11) is 1.48. The fourth-order valence-corrected chi connectivity index (χ4v) is 4.34. The van der Waals surface area contributed by atoms with Crippen LogP contribution in [0.4, 0.5) is 20.7 Å². The van der Waals surface area contributed by atoms with Crippen LogP contribution in [0.3, 0.4) is 0 Å². The van der Waals surface area contributed by atoms with E-state index in [0.717, 1.165) is 10.6 Å². The Morgan fingerprint density at radius 3 is 2.56 bits per heavy atom. The van der Waals surface area contributed by atoms with Crippen LogP contribution >= 0.6 is 34.8 Å². The van der Waals surface area contributed by atoms with Gasteiger partial charge in [0, 0.05) is 38.5 Å². The molecule has 3 amide bonds. The molecule has 1 saturated heterocycles. The minimum Gasteiger partial charge on any atom is -0.380 e. The van der Waals surface area contributed by atoms with E-state index in [1.807, 2.05) is 0 Å². The Morgan fingerprint density at radius 1 is 1.11 bits per heavy atom. The molecule has 2 atom stereocenters. The van der Waals surface area contributed by atoms with E-state index in [1.165, 1.54) is 48.7 Å². The topological polar surface area (TPSA) is 106 Å². The molecule has 9 nitrogen and oxygen atoms in total. The quantitative estimate of drug-likeness (QED) is 0.480. The number of anilines is 2. The maximum atomic E-state index is 14.9. The number of ether oxygens (including phenoxy) is 1. The molecule has 0 spiro atoms. The van der Waals surface area contributed by atoms with Gasteiger partial charge in [-0.2, -0.15) is 0 Å². The molecule has 1 aromatic carbocycles. The summed E-state index contributed by atoms with van der Waals surface area (Å²) in [5.74, 6) is -1.16. The summed E-state index contributed by atoms with van der Waals surface area (Å²) >= 11 is 17.6. The second-order valence-corrected chi connectivity index (χ2v) is 9.17. The number of carbonyl (C=O) groups is 2. The van der Waals surface area contributed by atoms with Gasteiger partial charge < -0.3 is 15.0 Å². The molecule has 1 aliphatic heterocycles. The summed E-state index contributed by atoms with van der Waals surface area (Å²) in [6, 6.07) is 6.65. The normalized spacial score (nSPS) is 17.2. The van der Waals surface area contributed by atoms with E-state index in [0.29, 0.717) is 5.02 Å². The summed E-state index contributed by atoms with van der Waals surface area (Å²) in [5, 5.41) is 5.59. The van der Waals surface area contributed by atoms with Crippen LogP contribution in [0.5, 0.6) is 0 Å². The van der Waals surface area contributed by atoms with Crippen LogP contribution in [0.1, 0.15) is 6.42 Å². The van der Waals surface area contributed by atoms with Crippen molar-refractivity contribution in [2.45, 2.75) is 18.6 Å². The minimum atomic E-state index is -0.935. The number of hydrogen-bond donors (Lipinski definition) is 2. The third-order valence-electron chi connectivity index (χ3n) is 5.55. The molecule has 0 unspecified atom stereocenters. The third-order valence-corrected chi connectivity index (χ3v) is 6.25. The molecule has 1 fully saturated rings. The van der Waals surface area contributed by atoms with Crippen molar-refractivity contribution in [3.8, 4) is 5.69 Å². The predicted molar refractivity (Wildman–Crippen MR) is 135 cm³/mol. The van der Waals surface area contributed by atoms with Crippen molar-refractivity contribution in [1.82, 2.24) is 14.5 Å². The second-order valence-electron chi connectivity index (χ2n) is 7.89. The molecule has 1 aliphatic rings. The van der Waals surface area contributed by atoms with E-state index in [9.17, 15) is 18.8 Å². The van der Waals surface area contributed by atoms with Gasteiger partial charge in [-0.1, -0.05) is 34.8 Å². The first-order valence-corrected chi connectivity index (χ1v) is 11.7. The summed E-state index contributed by atoms with van der Waals surface area (Å²) in [5.41, 5.74) is -0.548. The molecule has 13 heteroatoms. The molecule has 3 aromatic rings. The Labute approximate surface area is 219 Å². The first-order chi connectivity index (χ1) is 17.2. The number of amides is 3. The van der Waals surface area contributed by atoms with E-state index < -0.39 is 35.5 Å². The number of rotatable bonds is 5. The molecule has 2 N–H and O–H groups in total. The Balaban J connectivity index is 1.52. The van der Waals surface area contributed by atoms with Crippen LogP contribution in [0.15, 0.2) is 53.6 Å². The molecule has 0 saturated carbocycles. The molecule has 0 radical (unpaired) electrons. The lowest BCUT2D eigenvalue weighted by Gasteiger charge is -2.24. The van der Waals surface area contributed by atoms with Gasteiger partial charge in [-0.15, -0.1) is 0 Å². The number of urea groups is 1. The van der Waals surface area contributed by atoms with Crippen molar-refractivity contribution in [2.24, 2.45) is 0 Å². The zero-order valence-corrected chi connectivity index (χ0v) is 20.9. The van der Waals surface area contributed by atoms with E-state index in [-0.39, 0.29) is 40.2 Å². The van der Waals surface area contributed by atoms with Crippen LogP contribution in [0.2, 0.25) is 15.1 Å². The number of pyridine rings is 2. The number of hydrogen-bond acceptors (Lipinski definition) is 5. The molecular formula is C23H19Cl3FN5O4. The Morgan fingerprint density at radius 2 is 1.89 bits per heavy atom. The Bertz CT molecular complexity index is 1370. The van der Waals surface area contributed by atoms with Crippen LogP contribution < -0.4 is 16.2 Å². The Hall–Kier alpha value is -3.18. The standard InChI is InChI=1S/C23H19Cl3FN5O4/c1-36-15-8-19(32(11-15)23(35)30-20-5-2-12(24)9-28-20)21(33)29-18-4-3-14(7-17(18)27)31-10-13(25)6-16(26)22(31)34/h2-7,9-10,15,19H,8,11H2,1H3,(H,29,33)(H,28,30,35)/t15-,19-/m1/s1. The van der Waals surface area contributed by atoms with E-state index in [1.54, 1.807) is 6.07 Å². The van der Waals surface area contributed by atoms with Gasteiger partial charge in [0.1, 0.15) is 22.7 Å². The molecule has 36 heavy (non-hydrogen) atoms. The van der Waals surface area contributed by atoms with Crippen molar-refractivity contribution < 1.29 is 18.7 Å². The van der Waals surface area contributed by atoms with Crippen molar-refractivity contribution >= 4 is 58.2 Å². The van der Waals surface area contributed by atoms with Crippen LogP contribution in [0, 0.1) is 5.82 Å². The summed E-state index contributed by atoms with van der Waals surface area (Å²) in [6.45, 7) is 0.147. The van der Waals surface area contributed by atoms with Crippen LogP contribution in [-0.2, 0) is 9.53 Å². The number of methoxy groups -OCH3 is 1. The van der Waals surface area contributed by atoms with Gasteiger partial charge >= 0.3 is 6.03 Å². The van der Waals surface area contributed by atoms with Crippen molar-refractivity contribution in [3.63, 3.8) is 0 Å². The highest BCUT2D eigenvalue weighted by Crippen LogP contribution is 2.25. The minimum absolute atomic E-state index is 0.124. The van der Waals surface area contributed by atoms with Gasteiger partial charge in [-0.25, -0.2) is 14.2 Å². The number of aromatic nitrogens is 2. The van der Waals surface area contributed by atoms with Gasteiger partial charge in [-0.05, 0) is 30.3 Å². The average Bonchev–Trinajstić information content (AvgIpc) is 3.29. The molecule has 188 valence electrons. The first-order valence-electron chi connectivity index (χ1n) is 10.6. The molecule has 0 bridgehead atoms. The zero-order valence-electron chi connectivity index (χ0n) is 18.7. The zero-order chi connectivity index (χ0) is 26.0. The number of likely N-dealkylation sites (tertiary alicyclic amines) is 1. The number of nitrogens with zero attached hydrogens (tertiary/aromatic N) is 3. The summed E-state index contributed by atoms with van der Waals surface area (Å²) in [4.78, 5) is 43.5. The fraction of sp³-hybridized carbons (Fsp3) is 0.217. The highest BCUT2D eigenvalue weighted by Gasteiger charge is 2.40. The second kappa shape index (κ2) is 10.8. The third kappa shape index (κ3) is 5.62. The van der Waals surface area contributed by atoms with Crippen molar-refractivity contribution in [1.29, 1.82) is 0 Å².